The minimum Gasteiger partial charge on any atom is -0.496 e. The van der Waals surface area contributed by atoms with Crippen LogP contribution in [0.4, 0.5) is 11.5 Å². The Labute approximate surface area is 216 Å². The van der Waals surface area contributed by atoms with E-state index in [0.717, 1.165) is 48.6 Å². The number of nitrogens with one attached hydrogen (secondary N) is 2. The molecule has 0 aliphatic carbocycles. The number of methoxy groups -OCH3 is 2. The van der Waals surface area contributed by atoms with Gasteiger partial charge in [0.2, 0.25) is 0 Å². The third-order valence-corrected chi connectivity index (χ3v) is 7.94. The van der Waals surface area contributed by atoms with Crippen LogP contribution in [-0.2, 0) is 16.4 Å². The number of nitrogens with zero attached hydrogens (tertiary/aromatic N) is 2. The maximum Gasteiger partial charge on any atom is 0.266 e. The number of aryl methyl sites for hydroxylation is 1. The molecule has 0 amide bonds. The van der Waals surface area contributed by atoms with E-state index in [9.17, 15) is 8.42 Å². The molecule has 0 atom stereocenters. The van der Waals surface area contributed by atoms with Crippen molar-refractivity contribution in [3.63, 3.8) is 0 Å². The summed E-state index contributed by atoms with van der Waals surface area (Å²) >= 11 is 0. The quantitative estimate of drug-likeness (QED) is 0.353. The molecule has 5 rings (SSSR count). The molecular weight excluding hydrogens is 492 g/mol. The molecule has 0 spiro atoms. The molecule has 10 heteroatoms. The maximum atomic E-state index is 13.3. The van der Waals surface area contributed by atoms with Gasteiger partial charge < -0.3 is 24.2 Å². The van der Waals surface area contributed by atoms with Gasteiger partial charge in [-0.25, -0.2) is 8.42 Å². The molecule has 4 aromatic rings. The lowest BCUT2D eigenvalue weighted by atomic mass is 10.0. The van der Waals surface area contributed by atoms with Gasteiger partial charge in [-0.15, -0.1) is 0 Å². The number of hydrogen-bond acceptors (Lipinski definition) is 8. The number of aromatic nitrogens is 1. The van der Waals surface area contributed by atoms with E-state index in [1.165, 1.54) is 14.2 Å². The number of anilines is 2. The molecule has 1 aromatic heterocycles. The third-order valence-electron chi connectivity index (χ3n) is 6.58. The zero-order chi connectivity index (χ0) is 26.0. The Morgan fingerprint density at radius 1 is 1.00 bits per heavy atom. The van der Waals surface area contributed by atoms with Gasteiger partial charge in [-0.3, -0.25) is 4.72 Å². The van der Waals surface area contributed by atoms with Crippen molar-refractivity contribution in [2.45, 2.75) is 18.2 Å². The zero-order valence-electron chi connectivity index (χ0n) is 21.1. The number of benzene rings is 3. The Morgan fingerprint density at radius 3 is 2.51 bits per heavy atom. The number of rotatable bonds is 8. The van der Waals surface area contributed by atoms with Crippen LogP contribution in [0.5, 0.6) is 11.5 Å². The topological polar surface area (TPSA) is 106 Å². The van der Waals surface area contributed by atoms with Crippen molar-refractivity contribution in [3.8, 4) is 22.6 Å². The lowest BCUT2D eigenvalue weighted by molar-refractivity contribution is 0.402. The fourth-order valence-electron chi connectivity index (χ4n) is 4.57. The van der Waals surface area contributed by atoms with Crippen molar-refractivity contribution in [2.24, 2.45) is 0 Å². The van der Waals surface area contributed by atoms with Crippen molar-refractivity contribution in [3.05, 3.63) is 60.2 Å². The van der Waals surface area contributed by atoms with Gasteiger partial charge in [0.1, 0.15) is 21.8 Å². The van der Waals surface area contributed by atoms with Crippen LogP contribution in [0, 0.1) is 0 Å². The number of hydrogen-bond donors (Lipinski definition) is 2. The second-order valence-corrected chi connectivity index (χ2v) is 10.5. The molecule has 1 fully saturated rings. The summed E-state index contributed by atoms with van der Waals surface area (Å²) in [6.45, 7) is 5.76. The molecule has 0 bridgehead atoms. The minimum absolute atomic E-state index is 0.0332. The van der Waals surface area contributed by atoms with Crippen LogP contribution < -0.4 is 24.4 Å². The average Bonchev–Trinajstić information content (AvgIpc) is 3.34. The molecule has 9 nitrogen and oxygen atoms in total. The van der Waals surface area contributed by atoms with E-state index >= 15 is 0 Å². The molecule has 2 heterocycles. The Kier molecular flexibility index (Phi) is 6.94. The zero-order valence-corrected chi connectivity index (χ0v) is 21.9. The molecule has 3 aromatic carbocycles. The lowest BCUT2D eigenvalue weighted by Crippen LogP contribution is -2.43. The highest BCUT2D eigenvalue weighted by atomic mass is 32.2. The van der Waals surface area contributed by atoms with Crippen LogP contribution in [0.1, 0.15) is 12.5 Å². The predicted octanol–water partition coefficient (Wildman–Crippen LogP) is 4.28. The smallest absolute Gasteiger partial charge is 0.266 e. The van der Waals surface area contributed by atoms with E-state index in [0.29, 0.717) is 23.1 Å². The molecule has 1 aliphatic heterocycles. The molecule has 2 N–H and O–H groups in total. The summed E-state index contributed by atoms with van der Waals surface area (Å²) in [4.78, 5) is 2.38. The van der Waals surface area contributed by atoms with Crippen LogP contribution in [0.3, 0.4) is 0 Å². The third kappa shape index (κ3) is 4.94. The highest BCUT2D eigenvalue weighted by molar-refractivity contribution is 7.92. The van der Waals surface area contributed by atoms with Crippen LogP contribution in [0.25, 0.3) is 22.1 Å². The predicted molar refractivity (Wildman–Crippen MR) is 144 cm³/mol. The van der Waals surface area contributed by atoms with Crippen molar-refractivity contribution < 1.29 is 22.4 Å². The Hall–Kier alpha value is -3.76. The van der Waals surface area contributed by atoms with Crippen molar-refractivity contribution in [1.29, 1.82) is 0 Å². The number of piperazine rings is 1. The summed E-state index contributed by atoms with van der Waals surface area (Å²) < 4.78 is 45.8. The van der Waals surface area contributed by atoms with Gasteiger partial charge in [0.15, 0.2) is 11.4 Å². The number of sulfonamides is 1. The fraction of sp³-hybridized carbons (Fsp3) is 0.296. The highest BCUT2D eigenvalue weighted by Gasteiger charge is 2.25. The van der Waals surface area contributed by atoms with Gasteiger partial charge in [-0.2, -0.15) is 0 Å². The van der Waals surface area contributed by atoms with Crippen LogP contribution in [0.2, 0.25) is 0 Å². The fourth-order valence-corrected chi connectivity index (χ4v) is 5.80. The standard InChI is InChI=1S/C27H30N4O5S/c1-4-18-8-9-22(34-2)25(14-18)37(32,33)30-27-26-23(35-3)16-20(17-24(26)36-29-27)19-6-5-7-21(15-19)31-12-10-28-11-13-31/h5-9,14-17,28H,4,10-13H2,1-3H3,(H,29,30). The first-order valence-corrected chi connectivity index (χ1v) is 13.6. The van der Waals surface area contributed by atoms with Gasteiger partial charge in [0.25, 0.3) is 10.0 Å². The molecular formula is C27H30N4O5S. The van der Waals surface area contributed by atoms with E-state index < -0.39 is 10.0 Å². The van der Waals surface area contributed by atoms with Gasteiger partial charge >= 0.3 is 0 Å². The van der Waals surface area contributed by atoms with Gasteiger partial charge in [-0.05, 0) is 59.5 Å². The minimum atomic E-state index is -4.02. The summed E-state index contributed by atoms with van der Waals surface area (Å²) in [6.07, 6.45) is 0.686. The number of ether oxygens (including phenoxy) is 2. The highest BCUT2D eigenvalue weighted by Crippen LogP contribution is 2.39. The molecule has 1 saturated heterocycles. The summed E-state index contributed by atoms with van der Waals surface area (Å²) in [5, 5.41) is 7.85. The first kappa shape index (κ1) is 24.9. The SMILES string of the molecule is CCc1ccc(OC)c(S(=O)(=O)Nc2noc3cc(-c4cccc(N5CCNCC5)c4)cc(OC)c23)c1. The van der Waals surface area contributed by atoms with Crippen molar-refractivity contribution in [2.75, 3.05) is 50.0 Å². The first-order valence-electron chi connectivity index (χ1n) is 12.2. The van der Waals surface area contributed by atoms with E-state index in [-0.39, 0.29) is 16.5 Å². The molecule has 0 saturated carbocycles. The Morgan fingerprint density at radius 2 is 1.78 bits per heavy atom. The summed E-state index contributed by atoms with van der Waals surface area (Å²) in [5.41, 5.74) is 4.30. The van der Waals surface area contributed by atoms with Crippen LogP contribution in [0.15, 0.2) is 64.0 Å². The molecule has 0 unspecified atom stereocenters. The van der Waals surface area contributed by atoms with E-state index in [1.54, 1.807) is 12.1 Å². The average molecular weight is 523 g/mol. The normalized spacial score (nSPS) is 14.1. The van der Waals surface area contributed by atoms with E-state index in [2.05, 4.69) is 32.2 Å². The van der Waals surface area contributed by atoms with Crippen LogP contribution >= 0.6 is 0 Å². The second-order valence-electron chi connectivity index (χ2n) is 8.81. The lowest BCUT2D eigenvalue weighted by Gasteiger charge is -2.29. The summed E-state index contributed by atoms with van der Waals surface area (Å²) in [6, 6.07) is 17.1. The Balaban J connectivity index is 1.51. The summed E-state index contributed by atoms with van der Waals surface area (Å²) in [5.74, 6) is 0.751. The second kappa shape index (κ2) is 10.3. The molecule has 194 valence electrons. The molecule has 37 heavy (non-hydrogen) atoms. The first-order chi connectivity index (χ1) is 17.9. The summed E-state index contributed by atoms with van der Waals surface area (Å²) in [7, 11) is -1.04. The molecule has 1 aliphatic rings. The van der Waals surface area contributed by atoms with Gasteiger partial charge in [0, 0.05) is 31.9 Å². The number of fused-ring (bicyclic) bond motifs is 1. The van der Waals surface area contributed by atoms with E-state index in [1.807, 2.05) is 37.3 Å². The van der Waals surface area contributed by atoms with Crippen molar-refractivity contribution in [1.82, 2.24) is 10.5 Å². The van der Waals surface area contributed by atoms with E-state index in [4.69, 9.17) is 14.0 Å². The van der Waals surface area contributed by atoms with Crippen molar-refractivity contribution >= 4 is 32.5 Å². The van der Waals surface area contributed by atoms with Crippen LogP contribution in [-0.4, -0.2) is 54.0 Å². The maximum absolute atomic E-state index is 13.3. The largest absolute Gasteiger partial charge is 0.496 e. The van der Waals surface area contributed by atoms with Gasteiger partial charge in [0.05, 0.1) is 14.2 Å². The monoisotopic (exact) mass is 522 g/mol. The molecule has 0 radical (unpaired) electrons. The Bertz CT molecular complexity index is 1530. The van der Waals surface area contributed by atoms with Gasteiger partial charge in [-0.1, -0.05) is 30.3 Å².